The van der Waals surface area contributed by atoms with Crippen LogP contribution in [0.4, 0.5) is 0 Å². The number of amides is 1. The van der Waals surface area contributed by atoms with Crippen LogP contribution in [0.2, 0.25) is 10.0 Å². The molecule has 2 aromatic rings. The maximum Gasteiger partial charge on any atom is 0.277 e. The SMILES string of the molecule is Cc1oc(/C=N\NC(=O)COc2ccc(Cl)cc2Cl)cc1Br. The van der Waals surface area contributed by atoms with E-state index in [1.54, 1.807) is 18.2 Å². The largest absolute Gasteiger partial charge is 0.482 e. The summed E-state index contributed by atoms with van der Waals surface area (Å²) < 4.78 is 11.4. The molecule has 0 saturated carbocycles. The van der Waals surface area contributed by atoms with Crippen molar-refractivity contribution in [3.8, 4) is 5.75 Å². The average molecular weight is 406 g/mol. The first kappa shape index (κ1) is 16.9. The summed E-state index contributed by atoms with van der Waals surface area (Å²) in [6.07, 6.45) is 1.39. The lowest BCUT2D eigenvalue weighted by Crippen LogP contribution is -2.24. The molecule has 0 bridgehead atoms. The molecule has 0 fully saturated rings. The second kappa shape index (κ2) is 7.67. The number of carbonyl (C=O) groups is 1. The first-order valence-electron chi connectivity index (χ1n) is 6.11. The number of furan rings is 1. The molecule has 0 aliphatic heterocycles. The Morgan fingerprint density at radius 1 is 1.45 bits per heavy atom. The third-order valence-electron chi connectivity index (χ3n) is 2.51. The monoisotopic (exact) mass is 404 g/mol. The Balaban J connectivity index is 1.83. The van der Waals surface area contributed by atoms with E-state index in [4.69, 9.17) is 32.4 Å². The van der Waals surface area contributed by atoms with Crippen LogP contribution in [0.15, 0.2) is 38.3 Å². The molecule has 5 nitrogen and oxygen atoms in total. The van der Waals surface area contributed by atoms with Crippen LogP contribution in [-0.2, 0) is 4.79 Å². The van der Waals surface area contributed by atoms with Crippen molar-refractivity contribution >= 4 is 51.3 Å². The smallest absolute Gasteiger partial charge is 0.277 e. The van der Waals surface area contributed by atoms with Gasteiger partial charge < -0.3 is 9.15 Å². The van der Waals surface area contributed by atoms with Crippen LogP contribution < -0.4 is 10.2 Å². The van der Waals surface area contributed by atoms with Gasteiger partial charge in [-0.1, -0.05) is 23.2 Å². The Bertz CT molecular complexity index is 697. The molecule has 0 radical (unpaired) electrons. The summed E-state index contributed by atoms with van der Waals surface area (Å²) >= 11 is 15.0. The summed E-state index contributed by atoms with van der Waals surface area (Å²) in [6, 6.07) is 6.49. The molecule has 8 heteroatoms. The second-order valence-electron chi connectivity index (χ2n) is 4.21. The highest BCUT2D eigenvalue weighted by atomic mass is 79.9. The highest BCUT2D eigenvalue weighted by Gasteiger charge is 2.06. The minimum absolute atomic E-state index is 0.223. The van der Waals surface area contributed by atoms with Crippen LogP contribution in [0, 0.1) is 6.92 Å². The van der Waals surface area contributed by atoms with E-state index in [-0.39, 0.29) is 6.61 Å². The molecular weight excluding hydrogens is 395 g/mol. The van der Waals surface area contributed by atoms with Gasteiger partial charge in [0.25, 0.3) is 5.91 Å². The maximum atomic E-state index is 11.6. The lowest BCUT2D eigenvalue weighted by molar-refractivity contribution is -0.123. The Morgan fingerprint density at radius 3 is 2.86 bits per heavy atom. The van der Waals surface area contributed by atoms with Crippen LogP contribution in [0.25, 0.3) is 0 Å². The highest BCUT2D eigenvalue weighted by molar-refractivity contribution is 9.10. The van der Waals surface area contributed by atoms with Gasteiger partial charge in [-0.2, -0.15) is 5.10 Å². The van der Waals surface area contributed by atoms with E-state index in [9.17, 15) is 4.79 Å². The Hall–Kier alpha value is -1.50. The number of hydrogen-bond donors (Lipinski definition) is 1. The molecule has 0 aliphatic rings. The van der Waals surface area contributed by atoms with Crippen LogP contribution in [0.5, 0.6) is 5.75 Å². The first-order chi connectivity index (χ1) is 10.5. The van der Waals surface area contributed by atoms with Crippen LogP contribution in [0.1, 0.15) is 11.5 Å². The molecule has 0 saturated heterocycles. The van der Waals surface area contributed by atoms with E-state index in [1.165, 1.54) is 12.3 Å². The number of ether oxygens (including phenoxy) is 1. The summed E-state index contributed by atoms with van der Waals surface area (Å²) in [6.45, 7) is 1.59. The molecule has 0 unspecified atom stereocenters. The molecule has 2 rings (SSSR count). The van der Waals surface area contributed by atoms with Crippen molar-refractivity contribution in [1.82, 2.24) is 5.43 Å². The molecule has 0 aliphatic carbocycles. The number of halogens is 3. The number of rotatable bonds is 5. The third-order valence-corrected chi connectivity index (χ3v) is 3.83. The summed E-state index contributed by atoms with van der Waals surface area (Å²) in [7, 11) is 0. The number of carbonyl (C=O) groups excluding carboxylic acids is 1. The molecule has 0 spiro atoms. The Labute approximate surface area is 145 Å². The van der Waals surface area contributed by atoms with Crippen LogP contribution in [-0.4, -0.2) is 18.7 Å². The topological polar surface area (TPSA) is 63.8 Å². The summed E-state index contributed by atoms with van der Waals surface area (Å²) in [5, 5.41) is 4.60. The van der Waals surface area contributed by atoms with Gasteiger partial charge in [-0.25, -0.2) is 5.43 Å². The van der Waals surface area contributed by atoms with Crippen molar-refractivity contribution in [3.63, 3.8) is 0 Å². The number of nitrogens with one attached hydrogen (secondary N) is 1. The fourth-order valence-corrected chi connectivity index (χ4v) is 2.25. The van der Waals surface area contributed by atoms with Crippen molar-refractivity contribution in [2.75, 3.05) is 6.61 Å². The van der Waals surface area contributed by atoms with E-state index in [1.807, 2.05) is 6.92 Å². The normalized spacial score (nSPS) is 10.9. The number of hydrogen-bond acceptors (Lipinski definition) is 4. The first-order valence-corrected chi connectivity index (χ1v) is 7.66. The van der Waals surface area contributed by atoms with Gasteiger partial charge in [-0.3, -0.25) is 4.79 Å². The molecule has 116 valence electrons. The fourth-order valence-electron chi connectivity index (χ4n) is 1.48. The predicted molar refractivity (Wildman–Crippen MR) is 88.8 cm³/mol. The van der Waals surface area contributed by atoms with Crippen molar-refractivity contribution in [3.05, 3.63) is 50.3 Å². The standard InChI is InChI=1S/C14H11BrCl2N2O3/c1-8-11(15)5-10(22-8)6-18-19-14(20)7-21-13-3-2-9(16)4-12(13)17/h2-6H,7H2,1H3,(H,19,20)/b18-6-. The van der Waals surface area contributed by atoms with Gasteiger partial charge in [-0.05, 0) is 41.1 Å². The Kier molecular flexibility index (Phi) is 5.88. The van der Waals surface area contributed by atoms with Gasteiger partial charge in [0, 0.05) is 11.1 Å². The molecule has 1 amide bonds. The number of hydrazone groups is 1. The van der Waals surface area contributed by atoms with Gasteiger partial charge in [0.2, 0.25) is 0 Å². The lowest BCUT2D eigenvalue weighted by atomic mass is 10.3. The minimum Gasteiger partial charge on any atom is -0.482 e. The van der Waals surface area contributed by atoms with Gasteiger partial charge in [0.15, 0.2) is 6.61 Å². The molecular formula is C14H11BrCl2N2O3. The number of benzene rings is 1. The van der Waals surface area contributed by atoms with Crippen molar-refractivity contribution < 1.29 is 13.9 Å². The zero-order valence-electron chi connectivity index (χ0n) is 11.4. The van der Waals surface area contributed by atoms with Gasteiger partial charge >= 0.3 is 0 Å². The average Bonchev–Trinajstić information content (AvgIpc) is 2.76. The van der Waals surface area contributed by atoms with E-state index < -0.39 is 5.91 Å². The van der Waals surface area contributed by atoms with E-state index >= 15 is 0 Å². The summed E-state index contributed by atoms with van der Waals surface area (Å²) in [5.41, 5.74) is 2.32. The van der Waals surface area contributed by atoms with Crippen LogP contribution >= 0.6 is 39.1 Å². The molecule has 1 N–H and O–H groups in total. The third kappa shape index (κ3) is 4.76. The highest BCUT2D eigenvalue weighted by Crippen LogP contribution is 2.27. The summed E-state index contributed by atoms with van der Waals surface area (Å²) in [4.78, 5) is 11.6. The van der Waals surface area contributed by atoms with Crippen molar-refractivity contribution in [2.24, 2.45) is 5.10 Å². The lowest BCUT2D eigenvalue weighted by Gasteiger charge is -2.06. The van der Waals surface area contributed by atoms with Gasteiger partial charge in [-0.15, -0.1) is 0 Å². The molecule has 22 heavy (non-hydrogen) atoms. The van der Waals surface area contributed by atoms with Crippen LogP contribution in [0.3, 0.4) is 0 Å². The predicted octanol–water partition coefficient (Wildman–Crippen LogP) is 4.19. The molecule has 1 aromatic carbocycles. The number of nitrogens with zero attached hydrogens (tertiary/aromatic N) is 1. The second-order valence-corrected chi connectivity index (χ2v) is 5.91. The van der Waals surface area contributed by atoms with Gasteiger partial charge in [0.1, 0.15) is 17.3 Å². The van der Waals surface area contributed by atoms with E-state index in [0.717, 1.165) is 10.2 Å². The number of aryl methyl sites for hydroxylation is 1. The fraction of sp³-hybridized carbons (Fsp3) is 0.143. The zero-order chi connectivity index (χ0) is 16.1. The summed E-state index contributed by atoms with van der Waals surface area (Å²) in [5.74, 6) is 1.19. The van der Waals surface area contributed by atoms with Crippen molar-refractivity contribution in [2.45, 2.75) is 6.92 Å². The molecule has 1 aromatic heterocycles. The molecule has 1 heterocycles. The van der Waals surface area contributed by atoms with E-state index in [0.29, 0.717) is 21.6 Å². The zero-order valence-corrected chi connectivity index (χ0v) is 14.5. The minimum atomic E-state index is -0.426. The maximum absolute atomic E-state index is 11.6. The quantitative estimate of drug-likeness (QED) is 0.599. The Morgan fingerprint density at radius 2 is 2.23 bits per heavy atom. The van der Waals surface area contributed by atoms with Gasteiger partial charge in [0.05, 0.1) is 15.7 Å². The van der Waals surface area contributed by atoms with Crippen molar-refractivity contribution in [1.29, 1.82) is 0 Å². The van der Waals surface area contributed by atoms with E-state index in [2.05, 4.69) is 26.5 Å². The molecule has 0 atom stereocenters.